The van der Waals surface area contributed by atoms with Gasteiger partial charge in [0.15, 0.2) is 11.6 Å². The highest BCUT2D eigenvalue weighted by molar-refractivity contribution is 5.99. The van der Waals surface area contributed by atoms with Crippen molar-refractivity contribution >= 4 is 17.6 Å². The van der Waals surface area contributed by atoms with Crippen LogP contribution in [0.2, 0.25) is 0 Å². The molecule has 6 heteroatoms. The third-order valence-corrected chi connectivity index (χ3v) is 2.87. The van der Waals surface area contributed by atoms with E-state index in [0.717, 1.165) is 12.1 Å². The van der Waals surface area contributed by atoms with Crippen LogP contribution in [0.15, 0.2) is 18.2 Å². The normalized spacial score (nSPS) is 19.2. The molecule has 1 aromatic rings. The Bertz CT molecular complexity index is 504. The van der Waals surface area contributed by atoms with E-state index in [-0.39, 0.29) is 24.6 Å². The Morgan fingerprint density at radius 3 is 2.72 bits per heavy atom. The molecule has 0 radical (unpaired) electrons. The highest BCUT2D eigenvalue weighted by atomic mass is 19.2. The average Bonchev–Trinajstić information content (AvgIpc) is 2.74. The van der Waals surface area contributed by atoms with Crippen LogP contribution in [0.5, 0.6) is 0 Å². The van der Waals surface area contributed by atoms with E-state index < -0.39 is 23.5 Å². The maximum atomic E-state index is 13.1. The molecular formula is C12H11F2NO3. The second-order valence-electron chi connectivity index (χ2n) is 4.03. The summed E-state index contributed by atoms with van der Waals surface area (Å²) in [7, 11) is 1.24. The number of carbonyl (C=O) groups is 2. The molecule has 0 unspecified atom stereocenters. The molecule has 0 spiro atoms. The smallest absolute Gasteiger partial charge is 0.311 e. The third-order valence-electron chi connectivity index (χ3n) is 2.87. The monoisotopic (exact) mass is 255 g/mol. The third kappa shape index (κ3) is 2.18. The summed E-state index contributed by atoms with van der Waals surface area (Å²) in [5, 5.41) is 0. The van der Waals surface area contributed by atoms with E-state index in [1.807, 2.05) is 0 Å². The first-order valence-electron chi connectivity index (χ1n) is 5.36. The van der Waals surface area contributed by atoms with Gasteiger partial charge in [-0.05, 0) is 12.1 Å². The minimum atomic E-state index is -1.03. The molecule has 2 rings (SSSR count). The second-order valence-corrected chi connectivity index (χ2v) is 4.03. The zero-order valence-electron chi connectivity index (χ0n) is 9.65. The van der Waals surface area contributed by atoms with Crippen molar-refractivity contribution in [2.24, 2.45) is 5.92 Å². The summed E-state index contributed by atoms with van der Waals surface area (Å²) in [6.45, 7) is 0.122. The zero-order valence-corrected chi connectivity index (χ0v) is 9.65. The number of benzene rings is 1. The molecule has 0 bridgehead atoms. The quantitative estimate of drug-likeness (QED) is 0.752. The topological polar surface area (TPSA) is 46.6 Å². The lowest BCUT2D eigenvalue weighted by atomic mass is 10.1. The maximum Gasteiger partial charge on any atom is 0.311 e. The van der Waals surface area contributed by atoms with Crippen LogP contribution in [0, 0.1) is 17.6 Å². The number of ether oxygens (including phenoxy) is 1. The van der Waals surface area contributed by atoms with E-state index in [1.165, 1.54) is 18.1 Å². The molecule has 1 aliphatic rings. The van der Waals surface area contributed by atoms with Crippen LogP contribution < -0.4 is 4.90 Å². The summed E-state index contributed by atoms with van der Waals surface area (Å²) in [4.78, 5) is 24.3. The molecule has 96 valence electrons. The van der Waals surface area contributed by atoms with Gasteiger partial charge >= 0.3 is 5.97 Å². The number of esters is 1. The fourth-order valence-electron chi connectivity index (χ4n) is 1.93. The van der Waals surface area contributed by atoms with Gasteiger partial charge in [-0.1, -0.05) is 0 Å². The molecule has 0 N–H and O–H groups in total. The Kier molecular flexibility index (Phi) is 3.27. The fraction of sp³-hybridized carbons (Fsp3) is 0.333. The molecule has 1 heterocycles. The largest absolute Gasteiger partial charge is 0.469 e. The van der Waals surface area contributed by atoms with Crippen LogP contribution in [-0.4, -0.2) is 25.5 Å². The van der Waals surface area contributed by atoms with E-state index in [1.54, 1.807) is 0 Å². The molecule has 1 atom stereocenters. The first-order chi connectivity index (χ1) is 8.52. The summed E-state index contributed by atoms with van der Waals surface area (Å²) in [6, 6.07) is 3.19. The standard InChI is InChI=1S/C12H11F2NO3/c1-18-12(17)7-4-11(16)15(6-7)8-2-3-9(13)10(14)5-8/h2-3,5,7H,4,6H2,1H3/t7-/m0/s1. The van der Waals surface area contributed by atoms with E-state index in [4.69, 9.17) is 0 Å². The molecule has 4 nitrogen and oxygen atoms in total. The number of hydrogen-bond donors (Lipinski definition) is 0. The lowest BCUT2D eigenvalue weighted by molar-refractivity contribution is -0.145. The van der Waals surface area contributed by atoms with Gasteiger partial charge in [-0.2, -0.15) is 0 Å². The number of rotatable bonds is 2. The van der Waals surface area contributed by atoms with Crippen LogP contribution in [0.4, 0.5) is 14.5 Å². The van der Waals surface area contributed by atoms with Crippen LogP contribution in [0.25, 0.3) is 0 Å². The van der Waals surface area contributed by atoms with Gasteiger partial charge in [0, 0.05) is 24.7 Å². The number of amides is 1. The molecule has 18 heavy (non-hydrogen) atoms. The number of nitrogens with zero attached hydrogens (tertiary/aromatic N) is 1. The van der Waals surface area contributed by atoms with Crippen LogP contribution in [0.1, 0.15) is 6.42 Å². The number of methoxy groups -OCH3 is 1. The number of carbonyl (C=O) groups excluding carboxylic acids is 2. The van der Waals surface area contributed by atoms with Gasteiger partial charge in [-0.15, -0.1) is 0 Å². The van der Waals surface area contributed by atoms with Gasteiger partial charge in [0.25, 0.3) is 0 Å². The van der Waals surface area contributed by atoms with Crippen molar-refractivity contribution in [3.63, 3.8) is 0 Å². The maximum absolute atomic E-state index is 13.1. The molecule has 0 aliphatic carbocycles. The average molecular weight is 255 g/mol. The van der Waals surface area contributed by atoms with Gasteiger partial charge in [-0.3, -0.25) is 9.59 Å². The lowest BCUT2D eigenvalue weighted by Crippen LogP contribution is -2.26. The Morgan fingerprint density at radius 1 is 1.39 bits per heavy atom. The highest BCUT2D eigenvalue weighted by Crippen LogP contribution is 2.26. The summed E-state index contributed by atoms with van der Waals surface area (Å²) in [5.41, 5.74) is 0.241. The number of halogens is 2. The molecule has 0 saturated carbocycles. The van der Waals surface area contributed by atoms with E-state index in [9.17, 15) is 18.4 Å². The first kappa shape index (κ1) is 12.5. The number of hydrogen-bond acceptors (Lipinski definition) is 3. The van der Waals surface area contributed by atoms with E-state index in [2.05, 4.69) is 4.74 Å². The summed E-state index contributed by atoms with van der Waals surface area (Å²) >= 11 is 0. The van der Waals surface area contributed by atoms with Crippen molar-refractivity contribution in [3.05, 3.63) is 29.8 Å². The van der Waals surface area contributed by atoms with Crippen LogP contribution in [-0.2, 0) is 14.3 Å². The summed E-state index contributed by atoms with van der Waals surface area (Å²) < 4.78 is 30.4. The van der Waals surface area contributed by atoms with Crippen molar-refractivity contribution in [2.75, 3.05) is 18.6 Å². The highest BCUT2D eigenvalue weighted by Gasteiger charge is 2.35. The van der Waals surface area contributed by atoms with E-state index in [0.29, 0.717) is 0 Å². The van der Waals surface area contributed by atoms with Crippen molar-refractivity contribution in [3.8, 4) is 0 Å². The molecule has 0 aromatic heterocycles. The molecule has 1 aromatic carbocycles. The Balaban J connectivity index is 2.21. The Labute approximate surface area is 102 Å². The predicted octanol–water partition coefficient (Wildman–Crippen LogP) is 1.49. The Hall–Kier alpha value is -1.98. The minimum absolute atomic E-state index is 0.0195. The molecule has 1 aliphatic heterocycles. The van der Waals surface area contributed by atoms with Crippen LogP contribution >= 0.6 is 0 Å². The van der Waals surface area contributed by atoms with Crippen LogP contribution in [0.3, 0.4) is 0 Å². The summed E-state index contributed by atoms with van der Waals surface area (Å²) in [5.74, 6) is -3.35. The number of anilines is 1. The first-order valence-corrected chi connectivity index (χ1v) is 5.36. The van der Waals surface area contributed by atoms with Gasteiger partial charge < -0.3 is 9.64 Å². The van der Waals surface area contributed by atoms with Crippen molar-refractivity contribution < 1.29 is 23.1 Å². The molecule has 1 fully saturated rings. The van der Waals surface area contributed by atoms with Gasteiger partial charge in [0.2, 0.25) is 5.91 Å². The SMILES string of the molecule is COC(=O)[C@H]1CC(=O)N(c2ccc(F)c(F)c2)C1. The van der Waals surface area contributed by atoms with Crippen molar-refractivity contribution in [1.29, 1.82) is 0 Å². The predicted molar refractivity (Wildman–Crippen MR) is 58.8 cm³/mol. The molecular weight excluding hydrogens is 244 g/mol. The van der Waals surface area contributed by atoms with Gasteiger partial charge in [-0.25, -0.2) is 8.78 Å². The Morgan fingerprint density at radius 2 is 2.11 bits per heavy atom. The zero-order chi connectivity index (χ0) is 13.3. The van der Waals surface area contributed by atoms with Crippen molar-refractivity contribution in [2.45, 2.75) is 6.42 Å². The lowest BCUT2D eigenvalue weighted by Gasteiger charge is -2.16. The van der Waals surface area contributed by atoms with Crippen molar-refractivity contribution in [1.82, 2.24) is 0 Å². The molecule has 1 amide bonds. The van der Waals surface area contributed by atoms with Gasteiger partial charge in [0.1, 0.15) is 0 Å². The second kappa shape index (κ2) is 4.72. The molecule has 1 saturated heterocycles. The van der Waals surface area contributed by atoms with E-state index >= 15 is 0 Å². The van der Waals surface area contributed by atoms with Gasteiger partial charge in [0.05, 0.1) is 13.0 Å². The summed E-state index contributed by atoms with van der Waals surface area (Å²) in [6.07, 6.45) is 0.0195. The minimum Gasteiger partial charge on any atom is -0.469 e. The fourth-order valence-corrected chi connectivity index (χ4v) is 1.93.